The molecule has 5 nitrogen and oxygen atoms in total. The zero-order chi connectivity index (χ0) is 15.0. The maximum absolute atomic E-state index is 9.70. The summed E-state index contributed by atoms with van der Waals surface area (Å²) < 4.78 is 0. The Morgan fingerprint density at radius 1 is 0.905 bits per heavy atom. The highest BCUT2D eigenvalue weighted by Crippen LogP contribution is 2.33. The van der Waals surface area contributed by atoms with E-state index in [1.54, 1.807) is 24.3 Å². The zero-order valence-electron chi connectivity index (χ0n) is 11.5. The topological polar surface area (TPSA) is 97.5 Å². The third kappa shape index (κ3) is 2.60. The Bertz CT molecular complexity index is 684. The molecule has 0 unspecified atom stereocenters. The van der Waals surface area contributed by atoms with Crippen LogP contribution in [-0.4, -0.2) is 27.0 Å². The van der Waals surface area contributed by atoms with Gasteiger partial charge in [0, 0.05) is 18.4 Å². The molecule has 3 rings (SSSR count). The summed E-state index contributed by atoms with van der Waals surface area (Å²) in [5, 5.41) is 40.4. The van der Waals surface area contributed by atoms with E-state index in [-0.39, 0.29) is 29.0 Å². The van der Waals surface area contributed by atoms with Gasteiger partial charge in [-0.15, -0.1) is 0 Å². The van der Waals surface area contributed by atoms with Gasteiger partial charge in [0.2, 0.25) is 0 Å². The van der Waals surface area contributed by atoms with Gasteiger partial charge in [0.25, 0.3) is 0 Å². The Kier molecular flexibility index (Phi) is 3.35. The number of phenols is 4. The van der Waals surface area contributed by atoms with Gasteiger partial charge in [-0.25, -0.2) is 0 Å². The molecular formula is C16H18NO4+. The average molecular weight is 288 g/mol. The van der Waals surface area contributed by atoms with Crippen LogP contribution in [0.15, 0.2) is 30.3 Å². The number of nitrogens with two attached hydrogens (primary N) is 1. The lowest BCUT2D eigenvalue weighted by molar-refractivity contribution is -0.698. The summed E-state index contributed by atoms with van der Waals surface area (Å²) in [7, 11) is 0. The first-order valence-electron chi connectivity index (χ1n) is 6.93. The number of quaternary nitrogens is 1. The van der Waals surface area contributed by atoms with Gasteiger partial charge in [0.05, 0.1) is 6.54 Å². The monoisotopic (exact) mass is 288 g/mol. The average Bonchev–Trinajstić information content (AvgIpc) is 2.45. The molecule has 0 bridgehead atoms. The van der Waals surface area contributed by atoms with Gasteiger partial charge in [0.15, 0.2) is 23.0 Å². The lowest BCUT2D eigenvalue weighted by Gasteiger charge is -2.24. The molecule has 2 aromatic rings. The van der Waals surface area contributed by atoms with Crippen molar-refractivity contribution in [1.29, 1.82) is 0 Å². The van der Waals surface area contributed by atoms with E-state index in [9.17, 15) is 20.4 Å². The van der Waals surface area contributed by atoms with Gasteiger partial charge in [-0.3, -0.25) is 0 Å². The number of phenolic OH excluding ortho intramolecular Hbond substituents is 4. The van der Waals surface area contributed by atoms with Crippen molar-refractivity contribution in [3.63, 3.8) is 0 Å². The summed E-state index contributed by atoms with van der Waals surface area (Å²) in [4.78, 5) is 0. The molecule has 1 heterocycles. The van der Waals surface area contributed by atoms with Gasteiger partial charge in [-0.2, -0.15) is 0 Å². The second-order valence-electron chi connectivity index (χ2n) is 5.45. The van der Waals surface area contributed by atoms with Gasteiger partial charge in [0.1, 0.15) is 6.04 Å². The number of hydrogen-bond acceptors (Lipinski definition) is 4. The lowest BCUT2D eigenvalue weighted by Crippen LogP contribution is -2.87. The van der Waals surface area contributed by atoms with Crippen LogP contribution in [0, 0.1) is 0 Å². The maximum atomic E-state index is 9.70. The van der Waals surface area contributed by atoms with Crippen LogP contribution in [-0.2, 0) is 12.8 Å². The third-order valence-corrected chi connectivity index (χ3v) is 4.00. The fourth-order valence-corrected chi connectivity index (χ4v) is 2.91. The summed E-state index contributed by atoms with van der Waals surface area (Å²) in [6, 6.07) is 8.16. The van der Waals surface area contributed by atoms with Crippen LogP contribution in [0.25, 0.3) is 0 Å². The van der Waals surface area contributed by atoms with Gasteiger partial charge in [-0.05, 0) is 35.4 Å². The summed E-state index contributed by atoms with van der Waals surface area (Å²) >= 11 is 0. The first-order valence-corrected chi connectivity index (χ1v) is 6.93. The molecule has 0 aliphatic carbocycles. The molecule has 1 atom stereocenters. The van der Waals surface area contributed by atoms with Crippen molar-refractivity contribution in [1.82, 2.24) is 0 Å². The van der Waals surface area contributed by atoms with Crippen molar-refractivity contribution in [2.45, 2.75) is 18.9 Å². The summed E-state index contributed by atoms with van der Waals surface area (Å²) in [5.74, 6) is -0.453. The van der Waals surface area contributed by atoms with Gasteiger partial charge >= 0.3 is 0 Å². The minimum absolute atomic E-state index is 0.0864. The molecule has 5 heteroatoms. The second-order valence-corrected chi connectivity index (χ2v) is 5.45. The number of fused-ring (bicyclic) bond motifs is 1. The molecule has 0 aromatic heterocycles. The van der Waals surface area contributed by atoms with E-state index < -0.39 is 0 Å². The van der Waals surface area contributed by atoms with Gasteiger partial charge in [-0.1, -0.05) is 6.07 Å². The summed E-state index contributed by atoms with van der Waals surface area (Å²) in [5.41, 5.74) is 2.96. The number of hydrogen-bond donors (Lipinski definition) is 5. The molecule has 6 N–H and O–H groups in total. The highest BCUT2D eigenvalue weighted by Gasteiger charge is 2.25. The summed E-state index contributed by atoms with van der Waals surface area (Å²) in [6.07, 6.45) is 1.52. The van der Waals surface area contributed by atoms with E-state index in [1.807, 2.05) is 0 Å². The van der Waals surface area contributed by atoms with Crippen LogP contribution < -0.4 is 5.32 Å². The third-order valence-electron chi connectivity index (χ3n) is 4.00. The van der Waals surface area contributed by atoms with Crippen molar-refractivity contribution in [3.05, 3.63) is 47.0 Å². The standard InChI is InChI=1S/C16H17NO4/c18-13-2-1-9(6-14(13)19)5-12-11-8-16(21)15(20)7-10(11)3-4-17-12/h1-2,6-8,12,17-21H,3-5H2/p+1/t12-/m1/s1. The smallest absolute Gasteiger partial charge is 0.157 e. The van der Waals surface area contributed by atoms with Crippen molar-refractivity contribution < 1.29 is 25.7 Å². The van der Waals surface area contributed by atoms with Crippen molar-refractivity contribution >= 4 is 0 Å². The predicted molar refractivity (Wildman–Crippen MR) is 76.5 cm³/mol. The normalized spacial score (nSPS) is 17.4. The molecule has 0 radical (unpaired) electrons. The Labute approximate surface area is 122 Å². The molecule has 21 heavy (non-hydrogen) atoms. The van der Waals surface area contributed by atoms with Crippen LogP contribution >= 0.6 is 0 Å². The lowest BCUT2D eigenvalue weighted by atomic mass is 9.90. The predicted octanol–water partition coefficient (Wildman–Crippen LogP) is 0.912. The molecule has 0 spiro atoms. The SMILES string of the molecule is Oc1ccc(C[C@H]2[NH2+]CCc3cc(O)c(O)cc32)cc1O. The van der Waals surface area contributed by atoms with Crippen molar-refractivity contribution in [3.8, 4) is 23.0 Å². The van der Waals surface area contributed by atoms with E-state index in [2.05, 4.69) is 5.32 Å². The fraction of sp³-hybridized carbons (Fsp3) is 0.250. The molecule has 0 saturated carbocycles. The first kappa shape index (κ1) is 13.6. The molecule has 110 valence electrons. The molecule has 2 aromatic carbocycles. The van der Waals surface area contributed by atoms with E-state index in [4.69, 9.17) is 0 Å². The molecule has 0 amide bonds. The number of benzene rings is 2. The Morgan fingerprint density at radius 3 is 2.38 bits per heavy atom. The largest absolute Gasteiger partial charge is 0.504 e. The van der Waals surface area contributed by atoms with E-state index in [0.29, 0.717) is 6.42 Å². The highest BCUT2D eigenvalue weighted by molar-refractivity contribution is 5.47. The Morgan fingerprint density at radius 2 is 1.62 bits per heavy atom. The van der Waals surface area contributed by atoms with Crippen molar-refractivity contribution in [2.24, 2.45) is 0 Å². The molecular weight excluding hydrogens is 270 g/mol. The van der Waals surface area contributed by atoms with Gasteiger partial charge < -0.3 is 25.7 Å². The Balaban J connectivity index is 1.91. The van der Waals surface area contributed by atoms with E-state index >= 15 is 0 Å². The molecule has 0 saturated heterocycles. The molecule has 1 aliphatic heterocycles. The van der Waals surface area contributed by atoms with Crippen LogP contribution in [0.5, 0.6) is 23.0 Å². The fourth-order valence-electron chi connectivity index (χ4n) is 2.91. The van der Waals surface area contributed by atoms with Crippen LogP contribution in [0.2, 0.25) is 0 Å². The number of rotatable bonds is 2. The van der Waals surface area contributed by atoms with Crippen LogP contribution in [0.4, 0.5) is 0 Å². The van der Waals surface area contributed by atoms with E-state index in [0.717, 1.165) is 29.7 Å². The Hall–Kier alpha value is -2.40. The first-order chi connectivity index (χ1) is 10.0. The van der Waals surface area contributed by atoms with Crippen LogP contribution in [0.3, 0.4) is 0 Å². The minimum Gasteiger partial charge on any atom is -0.504 e. The zero-order valence-corrected chi connectivity index (χ0v) is 11.5. The maximum Gasteiger partial charge on any atom is 0.157 e. The van der Waals surface area contributed by atoms with Crippen molar-refractivity contribution in [2.75, 3.05) is 6.54 Å². The number of aromatic hydroxyl groups is 4. The second kappa shape index (κ2) is 5.18. The van der Waals surface area contributed by atoms with Crippen LogP contribution in [0.1, 0.15) is 22.7 Å². The molecule has 1 aliphatic rings. The quantitative estimate of drug-likeness (QED) is 0.531. The summed E-state index contributed by atoms with van der Waals surface area (Å²) in [6.45, 7) is 0.909. The van der Waals surface area contributed by atoms with E-state index in [1.165, 1.54) is 6.07 Å². The highest BCUT2D eigenvalue weighted by atomic mass is 16.3. The minimum atomic E-state index is -0.130. The molecule has 0 fully saturated rings.